The SMILES string of the molecule is Nc1[nH]nc2nc([C@H]3CCCN(C(=O)c4ccn[nH]4)C3)ccc12. The molecule has 0 radical (unpaired) electrons. The van der Waals surface area contributed by atoms with Crippen molar-refractivity contribution in [2.45, 2.75) is 18.8 Å². The number of aromatic amines is 2. The zero-order valence-electron chi connectivity index (χ0n) is 12.5. The van der Waals surface area contributed by atoms with Gasteiger partial charge in [-0.25, -0.2) is 4.98 Å². The third-order valence-electron chi connectivity index (χ3n) is 4.33. The summed E-state index contributed by atoms with van der Waals surface area (Å²) in [4.78, 5) is 18.9. The summed E-state index contributed by atoms with van der Waals surface area (Å²) in [5, 5.41) is 14.3. The van der Waals surface area contributed by atoms with Crippen molar-refractivity contribution >= 4 is 22.8 Å². The molecule has 8 nitrogen and oxygen atoms in total. The molecule has 23 heavy (non-hydrogen) atoms. The number of likely N-dealkylation sites (tertiary alicyclic amines) is 1. The summed E-state index contributed by atoms with van der Waals surface area (Å²) in [6.45, 7) is 1.40. The zero-order valence-corrected chi connectivity index (χ0v) is 12.5. The zero-order chi connectivity index (χ0) is 15.8. The Morgan fingerprint density at radius 2 is 2.22 bits per heavy atom. The second-order valence-electron chi connectivity index (χ2n) is 5.81. The molecule has 4 rings (SSSR count). The number of nitrogens with one attached hydrogen (secondary N) is 2. The predicted octanol–water partition coefficient (Wildman–Crippen LogP) is 1.28. The van der Waals surface area contributed by atoms with Gasteiger partial charge in [-0.2, -0.15) is 10.2 Å². The number of anilines is 1. The van der Waals surface area contributed by atoms with Gasteiger partial charge in [0.2, 0.25) is 0 Å². The lowest BCUT2D eigenvalue weighted by Gasteiger charge is -2.32. The average Bonchev–Trinajstić information content (AvgIpc) is 3.24. The Kier molecular flexibility index (Phi) is 3.22. The smallest absolute Gasteiger partial charge is 0.271 e. The Bertz CT molecular complexity index is 839. The van der Waals surface area contributed by atoms with Gasteiger partial charge in [0.25, 0.3) is 5.91 Å². The van der Waals surface area contributed by atoms with Crippen molar-refractivity contribution in [3.8, 4) is 0 Å². The van der Waals surface area contributed by atoms with Crippen LogP contribution in [0.3, 0.4) is 0 Å². The molecule has 1 saturated heterocycles. The van der Waals surface area contributed by atoms with Gasteiger partial charge < -0.3 is 10.6 Å². The van der Waals surface area contributed by atoms with Crippen molar-refractivity contribution in [2.75, 3.05) is 18.8 Å². The van der Waals surface area contributed by atoms with Crippen LogP contribution in [0.4, 0.5) is 5.82 Å². The van der Waals surface area contributed by atoms with Crippen molar-refractivity contribution in [3.05, 3.63) is 35.8 Å². The first-order chi connectivity index (χ1) is 11.2. The molecular formula is C15H17N7O. The lowest BCUT2D eigenvalue weighted by atomic mass is 9.94. The van der Waals surface area contributed by atoms with Crippen molar-refractivity contribution in [1.82, 2.24) is 30.3 Å². The molecule has 0 spiro atoms. The van der Waals surface area contributed by atoms with Crippen LogP contribution in [-0.2, 0) is 0 Å². The van der Waals surface area contributed by atoms with Crippen molar-refractivity contribution in [3.63, 3.8) is 0 Å². The monoisotopic (exact) mass is 311 g/mol. The molecule has 0 aromatic carbocycles. The molecule has 0 saturated carbocycles. The lowest BCUT2D eigenvalue weighted by molar-refractivity contribution is 0.0700. The number of carbonyl (C=O) groups excluding carboxylic acids is 1. The number of piperidine rings is 1. The second-order valence-corrected chi connectivity index (χ2v) is 5.81. The van der Waals surface area contributed by atoms with Crippen LogP contribution in [0.5, 0.6) is 0 Å². The number of nitrogens with zero attached hydrogens (tertiary/aromatic N) is 4. The largest absolute Gasteiger partial charge is 0.384 e. The highest BCUT2D eigenvalue weighted by atomic mass is 16.2. The summed E-state index contributed by atoms with van der Waals surface area (Å²) >= 11 is 0. The first-order valence-corrected chi connectivity index (χ1v) is 7.61. The molecule has 1 fully saturated rings. The molecule has 1 atom stereocenters. The summed E-state index contributed by atoms with van der Waals surface area (Å²) in [6, 6.07) is 5.61. The number of hydrogen-bond acceptors (Lipinski definition) is 5. The van der Waals surface area contributed by atoms with Gasteiger partial charge in [-0.3, -0.25) is 15.0 Å². The molecule has 0 aliphatic carbocycles. The number of nitrogens with two attached hydrogens (primary N) is 1. The molecule has 0 unspecified atom stereocenters. The van der Waals surface area contributed by atoms with Crippen molar-refractivity contribution in [2.24, 2.45) is 0 Å². The number of H-pyrrole nitrogens is 2. The van der Waals surface area contributed by atoms with Crippen LogP contribution in [0, 0.1) is 0 Å². The summed E-state index contributed by atoms with van der Waals surface area (Å²) < 4.78 is 0. The highest BCUT2D eigenvalue weighted by molar-refractivity contribution is 5.92. The van der Waals surface area contributed by atoms with Crippen molar-refractivity contribution in [1.29, 1.82) is 0 Å². The maximum atomic E-state index is 12.5. The minimum atomic E-state index is -0.0164. The van der Waals surface area contributed by atoms with E-state index in [-0.39, 0.29) is 11.8 Å². The molecule has 1 amide bonds. The van der Waals surface area contributed by atoms with E-state index in [1.54, 1.807) is 12.3 Å². The molecule has 3 aromatic heterocycles. The molecule has 0 bridgehead atoms. The Hall–Kier alpha value is -2.90. The highest BCUT2D eigenvalue weighted by Gasteiger charge is 2.27. The van der Waals surface area contributed by atoms with Gasteiger partial charge >= 0.3 is 0 Å². The van der Waals surface area contributed by atoms with E-state index < -0.39 is 0 Å². The van der Waals surface area contributed by atoms with Crippen molar-refractivity contribution < 1.29 is 4.79 Å². The third-order valence-corrected chi connectivity index (χ3v) is 4.33. The standard InChI is InChI=1S/C15H17N7O/c16-13-10-3-4-11(18-14(10)21-20-13)9-2-1-7-22(8-9)15(23)12-5-6-17-19-12/h3-6,9H,1-2,7-8H2,(H,17,19)(H3,16,18,20,21)/t9-/m0/s1. The van der Waals surface area contributed by atoms with Crippen LogP contribution in [0.1, 0.15) is 34.9 Å². The molecular weight excluding hydrogens is 294 g/mol. The quantitative estimate of drug-likeness (QED) is 0.659. The van der Waals surface area contributed by atoms with Crippen LogP contribution in [0.2, 0.25) is 0 Å². The summed E-state index contributed by atoms with van der Waals surface area (Å²) in [7, 11) is 0. The molecule has 3 aromatic rings. The van der Waals surface area contributed by atoms with Crippen LogP contribution in [-0.4, -0.2) is 49.3 Å². The van der Waals surface area contributed by atoms with Gasteiger partial charge in [0.15, 0.2) is 5.65 Å². The van der Waals surface area contributed by atoms with Gasteiger partial charge in [-0.05, 0) is 31.0 Å². The Balaban J connectivity index is 1.57. The number of fused-ring (bicyclic) bond motifs is 1. The Labute approximate surface area is 132 Å². The molecule has 8 heteroatoms. The maximum absolute atomic E-state index is 12.5. The molecule has 4 N–H and O–H groups in total. The van der Waals surface area contributed by atoms with Gasteiger partial charge in [0.1, 0.15) is 11.5 Å². The average molecular weight is 311 g/mol. The summed E-state index contributed by atoms with van der Waals surface area (Å²) in [5.41, 5.74) is 7.90. The second kappa shape index (κ2) is 5.38. The van der Waals surface area contributed by atoms with E-state index >= 15 is 0 Å². The predicted molar refractivity (Wildman–Crippen MR) is 84.8 cm³/mol. The van der Waals surface area contributed by atoms with Crippen LogP contribution in [0.15, 0.2) is 24.4 Å². The van der Waals surface area contributed by atoms with Crippen LogP contribution < -0.4 is 5.73 Å². The number of hydrogen-bond donors (Lipinski definition) is 3. The third kappa shape index (κ3) is 2.41. The van der Waals surface area contributed by atoms with Crippen LogP contribution >= 0.6 is 0 Å². The first kappa shape index (κ1) is 13.7. The number of nitrogen functional groups attached to an aromatic ring is 1. The number of pyridine rings is 1. The normalized spacial score (nSPS) is 18.4. The minimum Gasteiger partial charge on any atom is -0.384 e. The van der Waals surface area contributed by atoms with Gasteiger partial charge in [0, 0.05) is 30.9 Å². The lowest BCUT2D eigenvalue weighted by Crippen LogP contribution is -2.39. The number of carbonyl (C=O) groups is 1. The van der Waals surface area contributed by atoms with E-state index in [2.05, 4.69) is 25.4 Å². The molecule has 1 aliphatic heterocycles. The molecule has 118 valence electrons. The first-order valence-electron chi connectivity index (χ1n) is 7.61. The minimum absolute atomic E-state index is 0.0164. The van der Waals surface area contributed by atoms with Gasteiger partial charge in [-0.1, -0.05) is 0 Å². The number of rotatable bonds is 2. The van der Waals surface area contributed by atoms with E-state index in [1.807, 2.05) is 17.0 Å². The van der Waals surface area contributed by atoms with Crippen LogP contribution in [0.25, 0.3) is 11.0 Å². The summed E-state index contributed by atoms with van der Waals surface area (Å²) in [6.07, 6.45) is 3.55. The Morgan fingerprint density at radius 1 is 1.30 bits per heavy atom. The number of amides is 1. The van der Waals surface area contributed by atoms with E-state index in [9.17, 15) is 4.79 Å². The maximum Gasteiger partial charge on any atom is 0.271 e. The molecule has 4 heterocycles. The highest BCUT2D eigenvalue weighted by Crippen LogP contribution is 2.28. The molecule has 1 aliphatic rings. The fraction of sp³-hybridized carbons (Fsp3) is 0.333. The van der Waals surface area contributed by atoms with E-state index in [1.165, 1.54) is 0 Å². The van der Waals surface area contributed by atoms with E-state index in [4.69, 9.17) is 5.73 Å². The van der Waals surface area contributed by atoms with Gasteiger partial charge in [0.05, 0.1) is 5.39 Å². The van der Waals surface area contributed by atoms with E-state index in [0.717, 1.165) is 30.5 Å². The fourth-order valence-electron chi connectivity index (χ4n) is 3.11. The fourth-order valence-corrected chi connectivity index (χ4v) is 3.11. The topological polar surface area (TPSA) is 117 Å². The van der Waals surface area contributed by atoms with E-state index in [0.29, 0.717) is 23.7 Å². The Morgan fingerprint density at radius 3 is 3.04 bits per heavy atom. The van der Waals surface area contributed by atoms with Gasteiger partial charge in [-0.15, -0.1) is 0 Å². The summed E-state index contributed by atoms with van der Waals surface area (Å²) in [5.74, 6) is 0.717. The number of aromatic nitrogens is 5.